The van der Waals surface area contributed by atoms with E-state index in [-0.39, 0.29) is 23.2 Å². The number of halogens is 2. The van der Waals surface area contributed by atoms with Crippen molar-refractivity contribution in [2.45, 2.75) is 13.0 Å². The number of anilines is 2. The predicted octanol–water partition coefficient (Wildman–Crippen LogP) is 1.21. The normalized spacial score (nSPS) is 12.2. The molecule has 7 nitrogen and oxygen atoms in total. The molecule has 0 aliphatic carbocycles. The van der Waals surface area contributed by atoms with Gasteiger partial charge in [0.1, 0.15) is 5.82 Å². The predicted molar refractivity (Wildman–Crippen MR) is 63.3 cm³/mol. The lowest BCUT2D eigenvalue weighted by molar-refractivity contribution is 0.604. The molecule has 0 aliphatic rings. The van der Waals surface area contributed by atoms with Crippen LogP contribution >= 0.6 is 11.6 Å². The molecule has 0 bridgehead atoms. The molecule has 0 spiro atoms. The summed E-state index contributed by atoms with van der Waals surface area (Å²) in [7, 11) is 0. The maximum atomic E-state index is 12.7. The van der Waals surface area contributed by atoms with E-state index < -0.39 is 5.82 Å². The van der Waals surface area contributed by atoms with Crippen LogP contribution in [0.2, 0.25) is 5.28 Å². The zero-order valence-electron chi connectivity index (χ0n) is 9.30. The van der Waals surface area contributed by atoms with Crippen molar-refractivity contribution in [2.75, 3.05) is 11.1 Å². The highest BCUT2D eigenvalue weighted by molar-refractivity contribution is 6.28. The van der Waals surface area contributed by atoms with Crippen molar-refractivity contribution >= 4 is 23.5 Å². The first-order chi connectivity index (χ1) is 8.54. The zero-order valence-corrected chi connectivity index (χ0v) is 10.1. The monoisotopic (exact) mass is 269 g/mol. The Morgan fingerprint density at radius 3 is 2.56 bits per heavy atom. The molecule has 3 N–H and O–H groups in total. The summed E-state index contributed by atoms with van der Waals surface area (Å²) >= 11 is 5.64. The van der Waals surface area contributed by atoms with Gasteiger partial charge in [0.2, 0.25) is 17.2 Å². The molecule has 2 aromatic heterocycles. The highest BCUT2D eigenvalue weighted by Gasteiger charge is 2.11. The van der Waals surface area contributed by atoms with Crippen molar-refractivity contribution in [1.82, 2.24) is 24.9 Å². The summed E-state index contributed by atoms with van der Waals surface area (Å²) in [6.45, 7) is 1.77. The summed E-state index contributed by atoms with van der Waals surface area (Å²) in [6, 6.07) is -0.330. The van der Waals surface area contributed by atoms with Gasteiger partial charge >= 0.3 is 0 Å². The van der Waals surface area contributed by atoms with Gasteiger partial charge in [-0.2, -0.15) is 15.0 Å². The summed E-state index contributed by atoms with van der Waals surface area (Å²) in [4.78, 5) is 19.0. The van der Waals surface area contributed by atoms with E-state index in [2.05, 4.69) is 30.2 Å². The van der Waals surface area contributed by atoms with Crippen molar-refractivity contribution in [3.63, 3.8) is 0 Å². The maximum Gasteiger partial charge on any atom is 0.229 e. The molecular weight excluding hydrogens is 261 g/mol. The SMILES string of the molecule is CC(Nc1nc(N)nc(Cl)n1)c1ncc(F)cn1. The van der Waals surface area contributed by atoms with Crippen LogP contribution in [0.1, 0.15) is 18.8 Å². The number of rotatable bonds is 3. The van der Waals surface area contributed by atoms with E-state index >= 15 is 0 Å². The minimum absolute atomic E-state index is 0.00437. The standard InChI is InChI=1S/C9H9ClFN7/c1-4(6-13-2-5(11)3-14-6)15-9-17-7(10)16-8(12)18-9/h2-4H,1H3,(H3,12,15,16,17,18). The number of aromatic nitrogens is 5. The first kappa shape index (κ1) is 12.4. The molecule has 0 saturated heterocycles. The van der Waals surface area contributed by atoms with E-state index in [9.17, 15) is 4.39 Å². The second-order valence-corrected chi connectivity index (χ2v) is 3.75. The smallest absolute Gasteiger partial charge is 0.229 e. The first-order valence-electron chi connectivity index (χ1n) is 4.95. The summed E-state index contributed by atoms with van der Waals surface area (Å²) in [6.07, 6.45) is 2.16. The lowest BCUT2D eigenvalue weighted by Crippen LogP contribution is -2.14. The first-order valence-corrected chi connectivity index (χ1v) is 5.33. The molecule has 2 rings (SSSR count). The average Bonchev–Trinajstić information content (AvgIpc) is 2.28. The fraction of sp³-hybridized carbons (Fsp3) is 0.222. The van der Waals surface area contributed by atoms with E-state index in [1.807, 2.05) is 0 Å². The van der Waals surface area contributed by atoms with Crippen LogP contribution in [-0.4, -0.2) is 24.9 Å². The summed E-state index contributed by atoms with van der Waals surface area (Å²) in [5.74, 6) is 0.0996. The van der Waals surface area contributed by atoms with Crippen molar-refractivity contribution in [3.8, 4) is 0 Å². The topological polar surface area (TPSA) is 102 Å². The third-order valence-electron chi connectivity index (χ3n) is 2.00. The summed E-state index contributed by atoms with van der Waals surface area (Å²) < 4.78 is 12.7. The van der Waals surface area contributed by atoms with Gasteiger partial charge < -0.3 is 11.1 Å². The van der Waals surface area contributed by atoms with Crippen molar-refractivity contribution in [2.24, 2.45) is 0 Å². The van der Waals surface area contributed by atoms with Crippen molar-refractivity contribution < 1.29 is 4.39 Å². The van der Waals surface area contributed by atoms with Gasteiger partial charge in [0.15, 0.2) is 5.82 Å². The summed E-state index contributed by atoms with van der Waals surface area (Å²) in [5, 5.41) is 2.87. The van der Waals surface area contributed by atoms with Crippen molar-refractivity contribution in [3.05, 3.63) is 29.3 Å². The van der Waals surface area contributed by atoms with Crippen LogP contribution in [0.4, 0.5) is 16.3 Å². The Kier molecular flexibility index (Phi) is 3.47. The van der Waals surface area contributed by atoms with Gasteiger partial charge in [-0.1, -0.05) is 0 Å². The Balaban J connectivity index is 2.15. The fourth-order valence-corrected chi connectivity index (χ4v) is 1.40. The lowest BCUT2D eigenvalue weighted by Gasteiger charge is -2.12. The Hall–Kier alpha value is -2.09. The average molecular weight is 270 g/mol. The zero-order chi connectivity index (χ0) is 13.1. The fourth-order valence-electron chi connectivity index (χ4n) is 1.23. The molecular formula is C9H9ClFN7. The molecule has 0 aliphatic heterocycles. The molecule has 94 valence electrons. The van der Waals surface area contributed by atoms with Crippen LogP contribution in [0.3, 0.4) is 0 Å². The quantitative estimate of drug-likeness (QED) is 0.863. The largest absolute Gasteiger partial charge is 0.368 e. The van der Waals surface area contributed by atoms with Gasteiger partial charge in [0, 0.05) is 0 Å². The van der Waals surface area contributed by atoms with Gasteiger partial charge in [0.25, 0.3) is 0 Å². The molecule has 1 unspecified atom stereocenters. The van der Waals surface area contributed by atoms with Gasteiger partial charge in [0.05, 0.1) is 18.4 Å². The highest BCUT2D eigenvalue weighted by Crippen LogP contribution is 2.14. The highest BCUT2D eigenvalue weighted by atomic mass is 35.5. The molecule has 1 atom stereocenters. The third-order valence-corrected chi connectivity index (χ3v) is 2.17. The molecule has 18 heavy (non-hydrogen) atoms. The van der Waals surface area contributed by atoms with E-state index in [1.165, 1.54) is 0 Å². The van der Waals surface area contributed by atoms with Gasteiger partial charge in [-0.05, 0) is 18.5 Å². The van der Waals surface area contributed by atoms with E-state index in [0.29, 0.717) is 5.82 Å². The van der Waals surface area contributed by atoms with Gasteiger partial charge in [-0.3, -0.25) is 0 Å². The van der Waals surface area contributed by atoms with Crippen LogP contribution in [0, 0.1) is 5.82 Å². The number of hydrogen-bond acceptors (Lipinski definition) is 7. The molecule has 0 saturated carbocycles. The number of nitrogen functional groups attached to an aromatic ring is 1. The summed E-state index contributed by atoms with van der Waals surface area (Å²) in [5.41, 5.74) is 5.43. The minimum atomic E-state index is -0.501. The Labute approximate surface area is 107 Å². The molecule has 0 amide bonds. The van der Waals surface area contributed by atoms with Gasteiger partial charge in [-0.25, -0.2) is 14.4 Å². The van der Waals surface area contributed by atoms with Crippen LogP contribution in [0.5, 0.6) is 0 Å². The Morgan fingerprint density at radius 2 is 1.94 bits per heavy atom. The third kappa shape index (κ3) is 2.98. The number of nitrogens with two attached hydrogens (primary N) is 1. The molecule has 2 aromatic rings. The second-order valence-electron chi connectivity index (χ2n) is 3.41. The Bertz CT molecular complexity index is 527. The lowest BCUT2D eigenvalue weighted by atomic mass is 10.3. The second kappa shape index (κ2) is 5.05. The van der Waals surface area contributed by atoms with Crippen LogP contribution in [-0.2, 0) is 0 Å². The van der Waals surface area contributed by atoms with E-state index in [0.717, 1.165) is 12.4 Å². The van der Waals surface area contributed by atoms with Crippen LogP contribution in [0.25, 0.3) is 0 Å². The van der Waals surface area contributed by atoms with Crippen molar-refractivity contribution in [1.29, 1.82) is 0 Å². The Morgan fingerprint density at radius 1 is 1.28 bits per heavy atom. The number of nitrogens with one attached hydrogen (secondary N) is 1. The van der Waals surface area contributed by atoms with Crippen LogP contribution in [0.15, 0.2) is 12.4 Å². The maximum absolute atomic E-state index is 12.7. The van der Waals surface area contributed by atoms with E-state index in [1.54, 1.807) is 6.92 Å². The molecule has 2 heterocycles. The number of nitrogens with zero attached hydrogens (tertiary/aromatic N) is 5. The molecule has 0 aromatic carbocycles. The van der Waals surface area contributed by atoms with Crippen LogP contribution < -0.4 is 11.1 Å². The molecule has 0 radical (unpaired) electrons. The van der Waals surface area contributed by atoms with E-state index in [4.69, 9.17) is 17.3 Å². The molecule has 9 heteroatoms. The number of hydrogen-bond donors (Lipinski definition) is 2. The molecule has 0 fully saturated rings. The van der Waals surface area contributed by atoms with Gasteiger partial charge in [-0.15, -0.1) is 0 Å². The minimum Gasteiger partial charge on any atom is -0.368 e.